The Hall–Kier alpha value is -3.10. The second kappa shape index (κ2) is 9.18. The van der Waals surface area contributed by atoms with Crippen LogP contribution in [0.2, 0.25) is 0 Å². The molecule has 8 heteroatoms. The molecule has 2 saturated heterocycles. The van der Waals surface area contributed by atoms with Crippen molar-refractivity contribution in [3.8, 4) is 11.4 Å². The first-order valence-electron chi connectivity index (χ1n) is 11.3. The van der Waals surface area contributed by atoms with Gasteiger partial charge in [0.15, 0.2) is 0 Å². The quantitative estimate of drug-likeness (QED) is 0.406. The van der Waals surface area contributed by atoms with E-state index < -0.39 is 4.92 Å². The van der Waals surface area contributed by atoms with Gasteiger partial charge in [0.1, 0.15) is 0 Å². The highest BCUT2D eigenvalue weighted by molar-refractivity contribution is 5.58. The molecule has 32 heavy (non-hydrogen) atoms. The smallest absolute Gasteiger partial charge is 0.270 e. The zero-order valence-electron chi connectivity index (χ0n) is 18.0. The lowest BCUT2D eigenvalue weighted by atomic mass is 10.0. The molecule has 1 aromatic heterocycles. The van der Waals surface area contributed by atoms with Gasteiger partial charge in [-0.15, -0.1) is 0 Å². The zero-order chi connectivity index (χ0) is 21.9. The van der Waals surface area contributed by atoms with E-state index in [2.05, 4.69) is 50.3 Å². The van der Waals surface area contributed by atoms with Crippen molar-refractivity contribution in [3.63, 3.8) is 0 Å². The first kappa shape index (κ1) is 20.8. The van der Waals surface area contributed by atoms with E-state index in [0.717, 1.165) is 19.6 Å². The number of hydrogen-bond acceptors (Lipinski definition) is 7. The average Bonchev–Trinajstić information content (AvgIpc) is 3.56. The summed E-state index contributed by atoms with van der Waals surface area (Å²) in [7, 11) is 0. The summed E-state index contributed by atoms with van der Waals surface area (Å²) in [5.74, 6) is 0.956. The fourth-order valence-electron chi connectivity index (χ4n) is 5.15. The van der Waals surface area contributed by atoms with E-state index in [-0.39, 0.29) is 5.69 Å². The van der Waals surface area contributed by atoms with Crippen LogP contribution in [0.25, 0.3) is 11.4 Å². The van der Waals surface area contributed by atoms with Gasteiger partial charge in [-0.2, -0.15) is 4.98 Å². The molecule has 2 fully saturated rings. The van der Waals surface area contributed by atoms with Crippen molar-refractivity contribution >= 4 is 5.69 Å². The van der Waals surface area contributed by atoms with Gasteiger partial charge in [0, 0.05) is 36.3 Å². The van der Waals surface area contributed by atoms with Gasteiger partial charge < -0.3 is 4.52 Å². The Morgan fingerprint density at radius 3 is 2.41 bits per heavy atom. The highest BCUT2D eigenvalue weighted by atomic mass is 16.6. The molecule has 3 heterocycles. The number of benzene rings is 2. The molecule has 3 aromatic rings. The fourth-order valence-corrected chi connectivity index (χ4v) is 5.15. The normalized spacial score (nSPS) is 21.9. The maximum atomic E-state index is 11.1. The third kappa shape index (κ3) is 4.42. The van der Waals surface area contributed by atoms with E-state index in [0.29, 0.717) is 35.9 Å². The molecule has 2 atom stereocenters. The molecule has 166 valence electrons. The van der Waals surface area contributed by atoms with Crippen molar-refractivity contribution in [2.75, 3.05) is 13.1 Å². The minimum Gasteiger partial charge on any atom is -0.338 e. The summed E-state index contributed by atoms with van der Waals surface area (Å²) in [6, 6.07) is 18.1. The molecular weight excluding hydrogens is 406 g/mol. The molecule has 5 rings (SSSR count). The van der Waals surface area contributed by atoms with E-state index in [1.807, 2.05) is 0 Å². The number of non-ortho nitro benzene ring substituents is 1. The van der Waals surface area contributed by atoms with E-state index in [1.54, 1.807) is 12.1 Å². The van der Waals surface area contributed by atoms with E-state index in [9.17, 15) is 10.1 Å². The van der Waals surface area contributed by atoms with Gasteiger partial charge >= 0.3 is 0 Å². The predicted molar refractivity (Wildman–Crippen MR) is 120 cm³/mol. The number of nitrogens with zero attached hydrogens (tertiary/aromatic N) is 5. The Morgan fingerprint density at radius 2 is 1.69 bits per heavy atom. The fraction of sp³-hybridized carbons (Fsp3) is 0.417. The van der Waals surface area contributed by atoms with Crippen molar-refractivity contribution in [1.29, 1.82) is 0 Å². The molecule has 0 bridgehead atoms. The van der Waals surface area contributed by atoms with E-state index >= 15 is 0 Å². The van der Waals surface area contributed by atoms with Gasteiger partial charge in [0.05, 0.1) is 11.5 Å². The van der Waals surface area contributed by atoms with Gasteiger partial charge in [0.2, 0.25) is 11.7 Å². The summed E-state index contributed by atoms with van der Waals surface area (Å²) in [4.78, 5) is 20.3. The van der Waals surface area contributed by atoms with E-state index in [4.69, 9.17) is 4.52 Å². The van der Waals surface area contributed by atoms with Gasteiger partial charge in [-0.25, -0.2) is 0 Å². The van der Waals surface area contributed by atoms with Crippen LogP contribution in [0.5, 0.6) is 0 Å². The molecule has 2 aliphatic heterocycles. The number of aromatic nitrogens is 2. The third-order valence-corrected chi connectivity index (χ3v) is 6.62. The minimum absolute atomic E-state index is 0.0215. The summed E-state index contributed by atoms with van der Waals surface area (Å²) in [6.07, 6.45) is 4.81. The Balaban J connectivity index is 1.27. The van der Waals surface area contributed by atoms with Crippen molar-refractivity contribution in [2.24, 2.45) is 0 Å². The lowest BCUT2D eigenvalue weighted by Crippen LogP contribution is -2.45. The lowest BCUT2D eigenvalue weighted by molar-refractivity contribution is -0.384. The maximum absolute atomic E-state index is 11.1. The van der Waals surface area contributed by atoms with Crippen molar-refractivity contribution in [3.05, 3.63) is 76.2 Å². The van der Waals surface area contributed by atoms with Crippen molar-refractivity contribution in [2.45, 2.75) is 50.9 Å². The molecule has 8 nitrogen and oxygen atoms in total. The standard InChI is InChI=1S/C24H27N5O3/c30-29(31)20-10-4-9-19(15-20)24-25-23(32-26-24)17-28-14-6-12-22(28)21-11-5-13-27(21)16-18-7-2-1-3-8-18/h1-4,7-10,15,21-22H,5-6,11-14,16-17H2. The largest absolute Gasteiger partial charge is 0.338 e. The Bertz CT molecular complexity index is 1070. The summed E-state index contributed by atoms with van der Waals surface area (Å²) in [5, 5.41) is 15.1. The second-order valence-corrected chi connectivity index (χ2v) is 8.66. The monoisotopic (exact) mass is 433 g/mol. The molecule has 0 amide bonds. The molecule has 0 radical (unpaired) electrons. The van der Waals surface area contributed by atoms with Crippen molar-refractivity contribution < 1.29 is 9.45 Å². The maximum Gasteiger partial charge on any atom is 0.270 e. The first-order valence-corrected chi connectivity index (χ1v) is 11.3. The molecule has 0 spiro atoms. The molecule has 0 N–H and O–H groups in total. The second-order valence-electron chi connectivity index (χ2n) is 8.66. The molecule has 0 saturated carbocycles. The molecule has 2 aromatic carbocycles. The number of nitro groups is 1. The molecular formula is C24H27N5O3. The van der Waals surface area contributed by atoms with Gasteiger partial charge in [-0.05, 0) is 44.3 Å². The van der Waals surface area contributed by atoms with Crippen molar-refractivity contribution in [1.82, 2.24) is 19.9 Å². The molecule has 2 aliphatic rings. The summed E-state index contributed by atoms with van der Waals surface area (Å²) in [5.41, 5.74) is 1.98. The third-order valence-electron chi connectivity index (χ3n) is 6.62. The van der Waals surface area contributed by atoms with Gasteiger partial charge in [-0.3, -0.25) is 19.9 Å². The van der Waals surface area contributed by atoms with Gasteiger partial charge in [-0.1, -0.05) is 47.6 Å². The van der Waals surface area contributed by atoms with Crippen LogP contribution in [0, 0.1) is 10.1 Å². The first-order chi connectivity index (χ1) is 15.7. The van der Waals surface area contributed by atoms with Crippen LogP contribution in [-0.4, -0.2) is 50.0 Å². The van der Waals surface area contributed by atoms with Crippen LogP contribution >= 0.6 is 0 Å². The summed E-state index contributed by atoms with van der Waals surface area (Å²) in [6.45, 7) is 3.77. The molecule has 2 unspecified atom stereocenters. The Kier molecular flexibility index (Phi) is 5.96. The number of rotatable bonds is 7. The number of nitro benzene ring substituents is 1. The number of hydrogen-bond donors (Lipinski definition) is 0. The average molecular weight is 434 g/mol. The Morgan fingerprint density at radius 1 is 0.969 bits per heavy atom. The molecule has 0 aliphatic carbocycles. The predicted octanol–water partition coefficient (Wildman–Crippen LogP) is 4.27. The minimum atomic E-state index is -0.415. The zero-order valence-corrected chi connectivity index (χ0v) is 18.0. The number of likely N-dealkylation sites (tertiary alicyclic amines) is 2. The highest BCUT2D eigenvalue weighted by Crippen LogP contribution is 2.32. The van der Waals surface area contributed by atoms with E-state index in [1.165, 1.54) is 43.4 Å². The van der Waals surface area contributed by atoms with Crippen LogP contribution < -0.4 is 0 Å². The van der Waals surface area contributed by atoms with Crippen LogP contribution in [0.1, 0.15) is 37.1 Å². The highest BCUT2D eigenvalue weighted by Gasteiger charge is 2.38. The Labute approximate surface area is 187 Å². The summed E-state index contributed by atoms with van der Waals surface area (Å²) >= 11 is 0. The van der Waals surface area contributed by atoms with Crippen LogP contribution in [0.4, 0.5) is 5.69 Å². The van der Waals surface area contributed by atoms with Gasteiger partial charge in [0.25, 0.3) is 5.69 Å². The van der Waals surface area contributed by atoms with Crippen LogP contribution in [0.3, 0.4) is 0 Å². The summed E-state index contributed by atoms with van der Waals surface area (Å²) < 4.78 is 5.53. The van der Waals surface area contributed by atoms with Crippen LogP contribution in [0.15, 0.2) is 59.1 Å². The SMILES string of the molecule is O=[N+]([O-])c1cccc(-c2noc(CN3CCCC3C3CCCN3Cc3ccccc3)n2)c1. The topological polar surface area (TPSA) is 88.5 Å². The van der Waals surface area contributed by atoms with Crippen LogP contribution in [-0.2, 0) is 13.1 Å². The lowest BCUT2D eigenvalue weighted by Gasteiger charge is -2.34.